The van der Waals surface area contributed by atoms with E-state index in [1.807, 2.05) is 0 Å². The topological polar surface area (TPSA) is 59.1 Å². The number of hydrogen-bond donors (Lipinski definition) is 1. The third-order valence-corrected chi connectivity index (χ3v) is 6.67. The maximum Gasteiger partial charge on any atom is 0.195 e. The highest BCUT2D eigenvalue weighted by atomic mass is 35.5. The molecule has 0 radical (unpaired) electrons. The van der Waals surface area contributed by atoms with Crippen molar-refractivity contribution in [1.29, 1.82) is 0 Å². The van der Waals surface area contributed by atoms with Crippen LogP contribution in [0.5, 0.6) is 0 Å². The number of aromatic nitrogens is 1. The van der Waals surface area contributed by atoms with Gasteiger partial charge in [-0.3, -0.25) is 0 Å². The fraction of sp³-hybridized carbons (Fsp3) is 0.615. The molecule has 0 amide bonds. The van der Waals surface area contributed by atoms with Crippen molar-refractivity contribution in [2.75, 3.05) is 6.54 Å². The molecule has 1 N–H and O–H groups in total. The van der Waals surface area contributed by atoms with Crippen LogP contribution in [0.15, 0.2) is 23.2 Å². The fourth-order valence-corrected chi connectivity index (χ4v) is 4.92. The molecule has 2 aliphatic rings. The van der Waals surface area contributed by atoms with E-state index in [9.17, 15) is 8.42 Å². The van der Waals surface area contributed by atoms with E-state index < -0.39 is 15.2 Å². The van der Waals surface area contributed by atoms with Gasteiger partial charge in [-0.15, -0.1) is 0 Å². The second kappa shape index (κ2) is 4.72. The van der Waals surface area contributed by atoms with Gasteiger partial charge >= 0.3 is 0 Å². The molecule has 1 aliphatic carbocycles. The molecule has 1 aromatic rings. The van der Waals surface area contributed by atoms with Gasteiger partial charge in [0.2, 0.25) is 0 Å². The lowest BCUT2D eigenvalue weighted by Gasteiger charge is -2.47. The molecule has 1 aromatic heterocycles. The van der Waals surface area contributed by atoms with E-state index in [2.05, 4.69) is 10.3 Å². The number of hydrogen-bond acceptors (Lipinski definition) is 4. The van der Waals surface area contributed by atoms with Gasteiger partial charge in [0, 0.05) is 6.20 Å². The molecule has 0 aromatic carbocycles. The first kappa shape index (κ1) is 13.3. The molecular formula is C13H17ClN2O2S. The highest BCUT2D eigenvalue weighted by Gasteiger charge is 2.44. The standard InChI is InChI=1S/C13H17ClN2O2S/c14-11-3-2-10(9-16-11)19(17,18)12-8-13(4-1-5-13)6-7-15-12/h2-3,9,12,15H,1,4-8H2. The molecule has 3 rings (SSSR count). The molecule has 1 saturated heterocycles. The van der Waals surface area contributed by atoms with Crippen LogP contribution >= 0.6 is 11.6 Å². The van der Waals surface area contributed by atoms with E-state index in [1.54, 1.807) is 0 Å². The van der Waals surface area contributed by atoms with Crippen LogP contribution in [0.25, 0.3) is 0 Å². The van der Waals surface area contributed by atoms with E-state index in [1.165, 1.54) is 37.6 Å². The normalized spacial score (nSPS) is 26.1. The number of sulfone groups is 1. The number of nitrogens with zero attached hydrogens (tertiary/aromatic N) is 1. The zero-order valence-electron chi connectivity index (χ0n) is 10.6. The van der Waals surface area contributed by atoms with Crippen LogP contribution in [-0.2, 0) is 9.84 Å². The first-order valence-electron chi connectivity index (χ1n) is 6.61. The fourth-order valence-electron chi connectivity index (χ4n) is 3.11. The zero-order valence-corrected chi connectivity index (χ0v) is 12.2. The van der Waals surface area contributed by atoms with Crippen LogP contribution in [-0.4, -0.2) is 25.3 Å². The molecule has 6 heteroatoms. The molecule has 2 heterocycles. The minimum Gasteiger partial charge on any atom is -0.301 e. The Morgan fingerprint density at radius 3 is 2.68 bits per heavy atom. The Bertz CT molecular complexity index is 567. The molecule has 4 nitrogen and oxygen atoms in total. The van der Waals surface area contributed by atoms with Gasteiger partial charge in [0.25, 0.3) is 0 Å². The Kier molecular flexibility index (Phi) is 3.31. The van der Waals surface area contributed by atoms with Gasteiger partial charge in [-0.2, -0.15) is 0 Å². The Morgan fingerprint density at radius 1 is 1.32 bits per heavy atom. The summed E-state index contributed by atoms with van der Waals surface area (Å²) in [6, 6.07) is 3.06. The van der Waals surface area contributed by atoms with E-state index in [0.29, 0.717) is 5.15 Å². The number of piperidine rings is 1. The lowest BCUT2D eigenvalue weighted by atomic mass is 9.63. The van der Waals surface area contributed by atoms with Crippen molar-refractivity contribution >= 4 is 21.4 Å². The minimum absolute atomic E-state index is 0.255. The van der Waals surface area contributed by atoms with Crippen molar-refractivity contribution in [1.82, 2.24) is 10.3 Å². The van der Waals surface area contributed by atoms with Crippen molar-refractivity contribution in [3.8, 4) is 0 Å². The smallest absolute Gasteiger partial charge is 0.195 e. The summed E-state index contributed by atoms with van der Waals surface area (Å²) < 4.78 is 25.2. The Labute approximate surface area is 118 Å². The summed E-state index contributed by atoms with van der Waals surface area (Å²) in [6.45, 7) is 0.783. The van der Waals surface area contributed by atoms with E-state index in [-0.39, 0.29) is 10.3 Å². The summed E-state index contributed by atoms with van der Waals surface area (Å²) >= 11 is 5.70. The van der Waals surface area contributed by atoms with Crippen LogP contribution in [0.2, 0.25) is 5.15 Å². The number of nitrogens with one attached hydrogen (secondary N) is 1. The molecule has 1 saturated carbocycles. The van der Waals surface area contributed by atoms with Crippen LogP contribution in [0, 0.1) is 5.41 Å². The van der Waals surface area contributed by atoms with Gasteiger partial charge in [0.05, 0.1) is 4.90 Å². The van der Waals surface area contributed by atoms with Crippen molar-refractivity contribution in [3.63, 3.8) is 0 Å². The number of halogens is 1. The lowest BCUT2D eigenvalue weighted by Crippen LogP contribution is -2.50. The quantitative estimate of drug-likeness (QED) is 0.852. The van der Waals surface area contributed by atoms with Gasteiger partial charge in [-0.05, 0) is 49.8 Å². The van der Waals surface area contributed by atoms with E-state index in [4.69, 9.17) is 11.6 Å². The largest absolute Gasteiger partial charge is 0.301 e. The summed E-state index contributed by atoms with van der Waals surface area (Å²) in [5.41, 5.74) is 0.267. The Morgan fingerprint density at radius 2 is 2.11 bits per heavy atom. The van der Waals surface area contributed by atoms with E-state index in [0.717, 1.165) is 19.4 Å². The Hall–Kier alpha value is -0.650. The minimum atomic E-state index is -3.36. The molecule has 0 bridgehead atoms. The summed E-state index contributed by atoms with van der Waals surface area (Å²) in [5, 5.41) is 2.98. The first-order chi connectivity index (χ1) is 9.02. The maximum atomic E-state index is 12.6. The number of pyridine rings is 1. The van der Waals surface area contributed by atoms with Gasteiger partial charge in [-0.1, -0.05) is 18.0 Å². The molecule has 1 spiro atoms. The van der Waals surface area contributed by atoms with E-state index >= 15 is 0 Å². The molecule has 104 valence electrons. The lowest BCUT2D eigenvalue weighted by molar-refractivity contribution is 0.0784. The van der Waals surface area contributed by atoms with Gasteiger partial charge < -0.3 is 5.32 Å². The Balaban J connectivity index is 1.85. The van der Waals surface area contributed by atoms with Crippen LogP contribution < -0.4 is 5.32 Å². The molecule has 2 fully saturated rings. The van der Waals surface area contributed by atoms with Gasteiger partial charge in [-0.25, -0.2) is 13.4 Å². The summed E-state index contributed by atoms with van der Waals surface area (Å²) in [6.07, 6.45) is 6.73. The molecule has 19 heavy (non-hydrogen) atoms. The number of rotatable bonds is 2. The van der Waals surface area contributed by atoms with Crippen LogP contribution in [0.1, 0.15) is 32.1 Å². The SMILES string of the molecule is O=S(=O)(c1ccc(Cl)nc1)C1CC2(CCC2)CCN1. The van der Waals surface area contributed by atoms with Gasteiger partial charge in [0.15, 0.2) is 9.84 Å². The second-order valence-corrected chi connectivity index (χ2v) is 8.13. The maximum absolute atomic E-state index is 12.6. The predicted octanol–water partition coefficient (Wildman–Crippen LogP) is 2.39. The highest BCUT2D eigenvalue weighted by molar-refractivity contribution is 7.92. The van der Waals surface area contributed by atoms with Gasteiger partial charge in [0.1, 0.15) is 10.5 Å². The second-order valence-electron chi connectivity index (χ2n) is 5.61. The third-order valence-electron chi connectivity index (χ3n) is 4.46. The van der Waals surface area contributed by atoms with Crippen molar-refractivity contribution in [2.24, 2.45) is 5.41 Å². The molecule has 1 unspecified atom stereocenters. The van der Waals surface area contributed by atoms with Crippen molar-refractivity contribution < 1.29 is 8.42 Å². The highest BCUT2D eigenvalue weighted by Crippen LogP contribution is 2.49. The average molecular weight is 301 g/mol. The summed E-state index contributed by atoms with van der Waals surface area (Å²) in [5.74, 6) is 0. The van der Waals surface area contributed by atoms with Crippen LogP contribution in [0.3, 0.4) is 0 Å². The third kappa shape index (κ3) is 2.39. The first-order valence-corrected chi connectivity index (χ1v) is 8.53. The molecule has 1 atom stereocenters. The van der Waals surface area contributed by atoms with Crippen molar-refractivity contribution in [2.45, 2.75) is 42.4 Å². The monoisotopic (exact) mass is 300 g/mol. The van der Waals surface area contributed by atoms with Crippen molar-refractivity contribution in [3.05, 3.63) is 23.5 Å². The molecule has 1 aliphatic heterocycles. The van der Waals surface area contributed by atoms with Crippen LogP contribution in [0.4, 0.5) is 0 Å². The summed E-state index contributed by atoms with van der Waals surface area (Å²) in [7, 11) is -3.36. The average Bonchev–Trinajstić information content (AvgIpc) is 2.37. The zero-order chi connectivity index (χ0) is 13.5. The molecular weight excluding hydrogens is 284 g/mol. The predicted molar refractivity (Wildman–Crippen MR) is 73.7 cm³/mol. The summed E-state index contributed by atoms with van der Waals surface area (Å²) in [4.78, 5) is 4.12.